The molecule has 0 aliphatic heterocycles. The van der Waals surface area contributed by atoms with Crippen molar-refractivity contribution in [2.24, 2.45) is 0 Å². The lowest BCUT2D eigenvalue weighted by atomic mass is 10.7. The van der Waals surface area contributed by atoms with Crippen molar-refractivity contribution < 1.29 is 4.73 Å². The van der Waals surface area contributed by atoms with E-state index in [4.69, 9.17) is 0 Å². The molecule has 46 valence electrons. The van der Waals surface area contributed by atoms with Gasteiger partial charge in [-0.3, -0.25) is 4.79 Å². The highest BCUT2D eigenvalue weighted by Crippen LogP contribution is 1.61. The highest BCUT2D eigenvalue weighted by molar-refractivity contribution is 4.72. The molecule has 0 bridgehead atoms. The van der Waals surface area contributed by atoms with Crippen molar-refractivity contribution in [2.75, 3.05) is 0 Å². The van der Waals surface area contributed by atoms with Crippen LogP contribution in [0.25, 0.3) is 0 Å². The predicted octanol–water partition coefficient (Wildman–Crippen LogP) is -0.925. The first-order valence-corrected chi connectivity index (χ1v) is 2.34. The second kappa shape index (κ2) is 2.21. The molecule has 0 saturated carbocycles. The fourth-order valence-corrected chi connectivity index (χ4v) is 0.425. The summed E-state index contributed by atoms with van der Waals surface area (Å²) >= 11 is 0. The van der Waals surface area contributed by atoms with Gasteiger partial charge in [0.15, 0.2) is 6.20 Å². The Hall–Kier alpha value is -1.45. The van der Waals surface area contributed by atoms with Crippen molar-refractivity contribution in [1.82, 2.24) is 4.98 Å². The SMILES string of the molecule is O=c1c[n+]([O-])cccn1. The van der Waals surface area contributed by atoms with Crippen molar-refractivity contribution in [3.05, 3.63) is 40.2 Å². The highest BCUT2D eigenvalue weighted by atomic mass is 16.5. The van der Waals surface area contributed by atoms with Gasteiger partial charge in [-0.25, -0.2) is 4.98 Å². The van der Waals surface area contributed by atoms with Crippen LogP contribution in [0, 0.1) is 5.21 Å². The van der Waals surface area contributed by atoms with Gasteiger partial charge in [0.25, 0.3) is 0 Å². The van der Waals surface area contributed by atoms with Gasteiger partial charge < -0.3 is 5.21 Å². The number of aromatic nitrogens is 2. The van der Waals surface area contributed by atoms with Crippen LogP contribution in [0.1, 0.15) is 0 Å². The molecular weight excluding hydrogens is 120 g/mol. The largest absolute Gasteiger partial charge is 0.619 e. The molecule has 0 fully saturated rings. The molecule has 0 spiro atoms. The van der Waals surface area contributed by atoms with Crippen molar-refractivity contribution in [1.29, 1.82) is 0 Å². The lowest BCUT2D eigenvalue weighted by Crippen LogP contribution is -2.26. The topological polar surface area (TPSA) is 56.9 Å². The van der Waals surface area contributed by atoms with E-state index in [2.05, 4.69) is 4.98 Å². The van der Waals surface area contributed by atoms with Crippen LogP contribution in [-0.2, 0) is 0 Å². The van der Waals surface area contributed by atoms with E-state index in [9.17, 15) is 10.0 Å². The Kier molecular flexibility index (Phi) is 1.40. The first-order valence-electron chi connectivity index (χ1n) is 2.34. The minimum Gasteiger partial charge on any atom is -0.619 e. The van der Waals surface area contributed by atoms with Crippen molar-refractivity contribution in [2.45, 2.75) is 0 Å². The quantitative estimate of drug-likeness (QED) is 0.332. The normalized spacial score (nSPS) is 8.89. The van der Waals surface area contributed by atoms with Crippen LogP contribution >= 0.6 is 0 Å². The summed E-state index contributed by atoms with van der Waals surface area (Å²) in [5.74, 6) is 0. The number of hydrogen-bond acceptors (Lipinski definition) is 3. The second-order valence-electron chi connectivity index (χ2n) is 1.45. The Morgan fingerprint density at radius 1 is 1.67 bits per heavy atom. The summed E-state index contributed by atoms with van der Waals surface area (Å²) in [6.07, 6.45) is 3.34. The Labute approximate surface area is 51.0 Å². The molecule has 0 atom stereocenters. The van der Waals surface area contributed by atoms with Crippen molar-refractivity contribution in [3.8, 4) is 0 Å². The number of nitrogens with zero attached hydrogens (tertiary/aromatic N) is 2. The van der Waals surface area contributed by atoms with E-state index < -0.39 is 5.56 Å². The minimum absolute atomic E-state index is 0.412. The first-order chi connectivity index (χ1) is 4.29. The van der Waals surface area contributed by atoms with Crippen LogP contribution < -0.4 is 10.3 Å². The fraction of sp³-hybridized carbons (Fsp3) is 0. The summed E-state index contributed by atoms with van der Waals surface area (Å²) < 4.78 is 0.412. The van der Waals surface area contributed by atoms with Crippen LogP contribution in [0.3, 0.4) is 0 Å². The van der Waals surface area contributed by atoms with E-state index in [1.165, 1.54) is 18.5 Å². The molecule has 0 saturated heterocycles. The van der Waals surface area contributed by atoms with Gasteiger partial charge in [0.05, 0.1) is 0 Å². The Bertz CT molecular complexity index is 261. The maximum Gasteiger partial charge on any atom is 0.335 e. The van der Waals surface area contributed by atoms with Gasteiger partial charge in [0.2, 0.25) is 6.20 Å². The molecule has 4 heteroatoms. The van der Waals surface area contributed by atoms with Gasteiger partial charge in [-0.15, -0.1) is 0 Å². The van der Waals surface area contributed by atoms with Crippen LogP contribution in [0.4, 0.5) is 0 Å². The molecule has 9 heavy (non-hydrogen) atoms. The molecular formula is C5H4N2O2. The minimum atomic E-state index is -0.532. The van der Waals surface area contributed by atoms with E-state index in [0.29, 0.717) is 4.73 Å². The monoisotopic (exact) mass is 124 g/mol. The van der Waals surface area contributed by atoms with Gasteiger partial charge >= 0.3 is 5.56 Å². The Morgan fingerprint density at radius 3 is 3.22 bits per heavy atom. The molecule has 0 aliphatic carbocycles. The predicted molar refractivity (Wildman–Crippen MR) is 29.5 cm³/mol. The Balaban J connectivity index is 3.37. The second-order valence-corrected chi connectivity index (χ2v) is 1.45. The van der Waals surface area contributed by atoms with Crippen molar-refractivity contribution >= 4 is 0 Å². The molecule has 1 aromatic rings. The molecule has 0 amide bonds. The van der Waals surface area contributed by atoms with Crippen LogP contribution in [0.15, 0.2) is 29.5 Å². The maximum atomic E-state index is 10.4. The molecule has 0 aliphatic rings. The molecule has 1 heterocycles. The summed E-state index contributed by atoms with van der Waals surface area (Å²) in [5.41, 5.74) is -0.532. The van der Waals surface area contributed by atoms with Crippen molar-refractivity contribution in [3.63, 3.8) is 0 Å². The third-order valence-corrected chi connectivity index (χ3v) is 0.759. The fourth-order valence-electron chi connectivity index (χ4n) is 0.425. The van der Waals surface area contributed by atoms with E-state index in [1.807, 2.05) is 0 Å². The average molecular weight is 124 g/mol. The van der Waals surface area contributed by atoms with Gasteiger partial charge in [0, 0.05) is 12.3 Å². The van der Waals surface area contributed by atoms with Crippen LogP contribution in [-0.4, -0.2) is 4.98 Å². The molecule has 1 rings (SSSR count). The third-order valence-electron chi connectivity index (χ3n) is 0.759. The van der Waals surface area contributed by atoms with E-state index in [1.54, 1.807) is 0 Å². The zero-order valence-electron chi connectivity index (χ0n) is 4.52. The summed E-state index contributed by atoms with van der Waals surface area (Å²) in [6.45, 7) is 0. The van der Waals surface area contributed by atoms with Gasteiger partial charge in [-0.1, -0.05) is 0 Å². The lowest BCUT2D eigenvalue weighted by Gasteiger charge is -1.82. The third kappa shape index (κ3) is 1.49. The summed E-state index contributed by atoms with van der Waals surface area (Å²) in [6, 6.07) is 1.40. The first kappa shape index (κ1) is 5.68. The number of rotatable bonds is 0. The van der Waals surface area contributed by atoms with Gasteiger partial charge in [0.1, 0.15) is 0 Å². The Morgan fingerprint density at radius 2 is 2.44 bits per heavy atom. The molecule has 0 aromatic carbocycles. The summed E-state index contributed by atoms with van der Waals surface area (Å²) in [5, 5.41) is 10.4. The van der Waals surface area contributed by atoms with Crippen LogP contribution in [0.5, 0.6) is 0 Å². The van der Waals surface area contributed by atoms with E-state index >= 15 is 0 Å². The molecule has 1 aromatic heterocycles. The molecule has 0 radical (unpaired) electrons. The van der Waals surface area contributed by atoms with E-state index in [0.717, 1.165) is 6.20 Å². The lowest BCUT2D eigenvalue weighted by molar-refractivity contribution is -0.605. The summed E-state index contributed by atoms with van der Waals surface area (Å²) in [4.78, 5) is 13.7. The standard InChI is InChI=1S/C5H4N2O2/c8-5-4-7(9)3-1-2-6-5/h1-4H. The molecule has 4 nitrogen and oxygen atoms in total. The van der Waals surface area contributed by atoms with Crippen LogP contribution in [0.2, 0.25) is 0 Å². The highest BCUT2D eigenvalue weighted by Gasteiger charge is 1.84. The smallest absolute Gasteiger partial charge is 0.335 e. The molecule has 0 unspecified atom stereocenters. The zero-order chi connectivity index (χ0) is 6.69. The molecule has 0 N–H and O–H groups in total. The number of hydrogen-bond donors (Lipinski definition) is 0. The maximum absolute atomic E-state index is 10.4. The summed E-state index contributed by atoms with van der Waals surface area (Å²) in [7, 11) is 0. The van der Waals surface area contributed by atoms with Gasteiger partial charge in [-0.05, 0) is 0 Å². The average Bonchev–Trinajstić information content (AvgIpc) is 1.93. The zero-order valence-corrected chi connectivity index (χ0v) is 4.52. The van der Waals surface area contributed by atoms with E-state index in [-0.39, 0.29) is 0 Å². The van der Waals surface area contributed by atoms with Gasteiger partial charge in [-0.2, -0.15) is 4.73 Å².